The number of rotatable bonds is 7. The van der Waals surface area contributed by atoms with E-state index in [0.29, 0.717) is 43.9 Å². The minimum Gasteiger partial charge on any atom is -0.496 e. The summed E-state index contributed by atoms with van der Waals surface area (Å²) >= 11 is 0. The number of hydrogen-bond acceptors (Lipinski definition) is 4. The third-order valence-corrected chi connectivity index (χ3v) is 3.93. The lowest BCUT2D eigenvalue weighted by molar-refractivity contribution is -0.128. The highest BCUT2D eigenvalue weighted by atomic mass is 16.5. The van der Waals surface area contributed by atoms with Crippen LogP contribution in [0.1, 0.15) is 22.3 Å². The Kier molecular flexibility index (Phi) is 5.38. The first kappa shape index (κ1) is 16.3. The Bertz CT molecular complexity index is 559. The molecule has 1 unspecified atom stereocenters. The van der Waals surface area contributed by atoms with Gasteiger partial charge in [0.15, 0.2) is 0 Å². The molecule has 0 bridgehead atoms. The van der Waals surface area contributed by atoms with Crippen LogP contribution in [0.4, 0.5) is 0 Å². The number of benzene rings is 1. The first-order chi connectivity index (χ1) is 10.5. The second-order valence-corrected chi connectivity index (χ2v) is 5.50. The molecule has 0 aliphatic carbocycles. The average Bonchev–Trinajstić information content (AvgIpc) is 2.84. The molecule has 1 aromatic rings. The number of ether oxygens (including phenoxy) is 2. The normalized spacial score (nSPS) is 17.8. The highest BCUT2D eigenvalue weighted by molar-refractivity contribution is 5.93. The summed E-state index contributed by atoms with van der Waals surface area (Å²) in [6.45, 7) is 1.86. The smallest absolute Gasteiger partial charge is 0.248 e. The molecule has 1 atom stereocenters. The zero-order valence-electron chi connectivity index (χ0n) is 13.0. The Labute approximate surface area is 130 Å². The number of carbonyl (C=O) groups is 2. The number of primary amides is 1. The van der Waals surface area contributed by atoms with Gasteiger partial charge >= 0.3 is 0 Å². The van der Waals surface area contributed by atoms with Crippen LogP contribution in [0.3, 0.4) is 0 Å². The van der Waals surface area contributed by atoms with Crippen LogP contribution in [-0.4, -0.2) is 50.6 Å². The van der Waals surface area contributed by atoms with Crippen LogP contribution in [0.25, 0.3) is 0 Å². The van der Waals surface area contributed by atoms with Gasteiger partial charge in [0.2, 0.25) is 11.8 Å². The maximum atomic E-state index is 12.0. The predicted octanol–water partition coefficient (Wildman–Crippen LogP) is 0.832. The van der Waals surface area contributed by atoms with Gasteiger partial charge in [0.05, 0.1) is 13.7 Å². The molecule has 1 fully saturated rings. The molecule has 0 aromatic heterocycles. The van der Waals surface area contributed by atoms with Crippen molar-refractivity contribution in [2.45, 2.75) is 12.8 Å². The van der Waals surface area contributed by atoms with Crippen molar-refractivity contribution >= 4 is 11.8 Å². The summed E-state index contributed by atoms with van der Waals surface area (Å²) in [5.74, 6) is 0.606. The number of carbonyl (C=O) groups excluding carboxylic acids is 2. The van der Waals surface area contributed by atoms with Crippen molar-refractivity contribution < 1.29 is 19.1 Å². The summed E-state index contributed by atoms with van der Waals surface area (Å²) in [7, 11) is 3.21. The maximum Gasteiger partial charge on any atom is 0.248 e. The third kappa shape index (κ3) is 3.76. The molecule has 1 saturated heterocycles. The van der Waals surface area contributed by atoms with E-state index in [-0.39, 0.29) is 11.8 Å². The number of methoxy groups -OCH3 is 2. The molecule has 1 aliphatic rings. The zero-order chi connectivity index (χ0) is 16.1. The summed E-state index contributed by atoms with van der Waals surface area (Å²) < 4.78 is 10.4. The first-order valence-corrected chi connectivity index (χ1v) is 7.28. The Morgan fingerprint density at radius 3 is 2.82 bits per heavy atom. The van der Waals surface area contributed by atoms with Crippen molar-refractivity contribution in [2.24, 2.45) is 11.7 Å². The fraction of sp³-hybridized carbons (Fsp3) is 0.500. The van der Waals surface area contributed by atoms with Gasteiger partial charge < -0.3 is 20.1 Å². The fourth-order valence-corrected chi connectivity index (χ4v) is 2.81. The number of likely N-dealkylation sites (tertiary alicyclic amines) is 1. The molecule has 2 rings (SSSR count). The van der Waals surface area contributed by atoms with Gasteiger partial charge in [-0.15, -0.1) is 0 Å². The van der Waals surface area contributed by atoms with Gasteiger partial charge in [-0.2, -0.15) is 0 Å². The average molecular weight is 306 g/mol. The van der Waals surface area contributed by atoms with Crippen LogP contribution >= 0.6 is 0 Å². The van der Waals surface area contributed by atoms with Crippen LogP contribution in [0, 0.1) is 5.92 Å². The minimum absolute atomic E-state index is 0.145. The molecule has 22 heavy (non-hydrogen) atoms. The largest absolute Gasteiger partial charge is 0.496 e. The lowest BCUT2D eigenvalue weighted by Crippen LogP contribution is -2.28. The predicted molar refractivity (Wildman–Crippen MR) is 81.8 cm³/mol. The molecule has 1 aromatic carbocycles. The van der Waals surface area contributed by atoms with E-state index in [4.69, 9.17) is 15.2 Å². The zero-order valence-corrected chi connectivity index (χ0v) is 13.0. The number of nitrogens with two attached hydrogens (primary N) is 1. The van der Waals surface area contributed by atoms with Crippen LogP contribution in [0.2, 0.25) is 0 Å². The molecule has 0 saturated carbocycles. The van der Waals surface area contributed by atoms with Crippen molar-refractivity contribution in [1.82, 2.24) is 4.90 Å². The van der Waals surface area contributed by atoms with Gasteiger partial charge in [-0.3, -0.25) is 9.59 Å². The highest BCUT2D eigenvalue weighted by Crippen LogP contribution is 2.27. The van der Waals surface area contributed by atoms with Crippen molar-refractivity contribution in [2.75, 3.05) is 33.9 Å². The van der Waals surface area contributed by atoms with Gasteiger partial charge in [-0.1, -0.05) is 0 Å². The Morgan fingerprint density at radius 2 is 2.18 bits per heavy atom. The van der Waals surface area contributed by atoms with Crippen molar-refractivity contribution in [3.63, 3.8) is 0 Å². The van der Waals surface area contributed by atoms with E-state index in [2.05, 4.69) is 0 Å². The van der Waals surface area contributed by atoms with Crippen LogP contribution in [-0.2, 0) is 16.0 Å². The quantitative estimate of drug-likeness (QED) is 0.809. The molecule has 2 N–H and O–H groups in total. The molecular formula is C16H22N2O4. The summed E-state index contributed by atoms with van der Waals surface area (Å²) in [5, 5.41) is 0. The van der Waals surface area contributed by atoms with Gasteiger partial charge in [-0.05, 0) is 36.1 Å². The minimum atomic E-state index is -0.465. The molecule has 0 radical (unpaired) electrons. The Morgan fingerprint density at radius 1 is 1.41 bits per heavy atom. The summed E-state index contributed by atoms with van der Waals surface area (Å²) in [6.07, 6.45) is 1.19. The lowest BCUT2D eigenvalue weighted by atomic mass is 9.96. The van der Waals surface area contributed by atoms with Gasteiger partial charge in [0.1, 0.15) is 5.75 Å². The summed E-state index contributed by atoms with van der Waals surface area (Å²) in [5.41, 5.74) is 6.69. The second kappa shape index (κ2) is 7.26. The number of hydrogen-bond donors (Lipinski definition) is 1. The molecule has 1 aliphatic heterocycles. The number of amides is 2. The number of nitrogens with zero attached hydrogens (tertiary/aromatic N) is 1. The molecule has 2 amide bonds. The second-order valence-electron chi connectivity index (χ2n) is 5.50. The molecule has 6 nitrogen and oxygen atoms in total. The highest BCUT2D eigenvalue weighted by Gasteiger charge is 2.29. The molecule has 1 heterocycles. The van der Waals surface area contributed by atoms with Gasteiger partial charge in [0.25, 0.3) is 0 Å². The Balaban J connectivity index is 2.08. The Hall–Kier alpha value is -2.08. The standard InChI is InChI=1S/C16H22N2O4/c1-21-6-5-18-10-11(8-15(18)19)7-13-9-12(16(17)20)3-4-14(13)22-2/h3-4,9,11H,5-8,10H2,1-2H3,(H2,17,20). The van der Waals surface area contributed by atoms with Gasteiger partial charge in [0, 0.05) is 32.2 Å². The van der Waals surface area contributed by atoms with Crippen molar-refractivity contribution in [1.29, 1.82) is 0 Å². The van der Waals surface area contributed by atoms with E-state index < -0.39 is 5.91 Å². The van der Waals surface area contributed by atoms with Crippen molar-refractivity contribution in [3.8, 4) is 5.75 Å². The molecule has 0 spiro atoms. The summed E-state index contributed by atoms with van der Waals surface area (Å²) in [4.78, 5) is 25.1. The molecule has 6 heteroatoms. The fourth-order valence-electron chi connectivity index (χ4n) is 2.81. The van der Waals surface area contributed by atoms with E-state index in [9.17, 15) is 9.59 Å². The molecular weight excluding hydrogens is 284 g/mol. The van der Waals surface area contributed by atoms with E-state index >= 15 is 0 Å². The monoisotopic (exact) mass is 306 g/mol. The first-order valence-electron chi connectivity index (χ1n) is 7.28. The van der Waals surface area contributed by atoms with Gasteiger partial charge in [-0.25, -0.2) is 0 Å². The van der Waals surface area contributed by atoms with Crippen LogP contribution < -0.4 is 10.5 Å². The third-order valence-electron chi connectivity index (χ3n) is 3.93. The van der Waals surface area contributed by atoms with Crippen LogP contribution in [0.5, 0.6) is 5.75 Å². The van der Waals surface area contributed by atoms with Crippen molar-refractivity contribution in [3.05, 3.63) is 29.3 Å². The topological polar surface area (TPSA) is 81.9 Å². The maximum absolute atomic E-state index is 12.0. The van der Waals surface area contributed by atoms with E-state index in [1.54, 1.807) is 32.4 Å². The van der Waals surface area contributed by atoms with E-state index in [1.807, 2.05) is 4.90 Å². The lowest BCUT2D eigenvalue weighted by Gasteiger charge is -2.17. The SMILES string of the molecule is COCCN1CC(Cc2cc(C(N)=O)ccc2OC)CC1=O. The van der Waals surface area contributed by atoms with E-state index in [0.717, 1.165) is 5.56 Å². The van der Waals surface area contributed by atoms with E-state index in [1.165, 1.54) is 0 Å². The van der Waals surface area contributed by atoms with Crippen LogP contribution in [0.15, 0.2) is 18.2 Å². The molecule has 120 valence electrons. The summed E-state index contributed by atoms with van der Waals surface area (Å²) in [6, 6.07) is 5.15.